The van der Waals surface area contributed by atoms with Crippen LogP contribution < -0.4 is 10.1 Å². The zero-order chi connectivity index (χ0) is 25.5. The van der Waals surface area contributed by atoms with Crippen LogP contribution in [0.25, 0.3) is 11.0 Å². The Morgan fingerprint density at radius 1 is 1.11 bits per heavy atom. The first-order valence-electron chi connectivity index (χ1n) is 12.0. The number of benzene rings is 2. The van der Waals surface area contributed by atoms with Crippen molar-refractivity contribution in [1.82, 2.24) is 25.2 Å². The molecule has 0 saturated carbocycles. The largest absolute Gasteiger partial charge is 0.497 e. The topological polar surface area (TPSA) is 89.3 Å². The quantitative estimate of drug-likeness (QED) is 0.326. The summed E-state index contributed by atoms with van der Waals surface area (Å²) in [5.74, 6) is 0.723. The lowest BCUT2D eigenvalue weighted by atomic mass is 10.1. The smallest absolute Gasteiger partial charge is 0.248 e. The third-order valence-corrected chi connectivity index (χ3v) is 6.83. The number of nitrogens with one attached hydrogen (secondary N) is 1. The van der Waals surface area contributed by atoms with Crippen LogP contribution >= 0.6 is 11.3 Å². The molecule has 0 aliphatic rings. The second kappa shape index (κ2) is 11.8. The molecule has 2 aromatic carbocycles. The van der Waals surface area contributed by atoms with Crippen molar-refractivity contribution in [1.29, 1.82) is 0 Å². The van der Waals surface area contributed by atoms with Crippen molar-refractivity contribution in [2.75, 3.05) is 13.7 Å². The molecule has 2 heterocycles. The first-order valence-corrected chi connectivity index (χ1v) is 12.9. The fraction of sp³-hybridized carbons (Fsp3) is 0.333. The van der Waals surface area contributed by atoms with Gasteiger partial charge in [-0.25, -0.2) is 4.68 Å². The van der Waals surface area contributed by atoms with Gasteiger partial charge in [0.1, 0.15) is 23.9 Å². The van der Waals surface area contributed by atoms with Crippen LogP contribution in [-0.4, -0.2) is 45.4 Å². The van der Waals surface area contributed by atoms with Gasteiger partial charge < -0.3 is 15.0 Å². The summed E-state index contributed by atoms with van der Waals surface area (Å²) in [5.41, 5.74) is 2.34. The second-order valence-electron chi connectivity index (χ2n) is 9.00. The fourth-order valence-corrected chi connectivity index (χ4v) is 4.83. The maximum atomic E-state index is 13.9. The van der Waals surface area contributed by atoms with Gasteiger partial charge in [0, 0.05) is 18.0 Å². The van der Waals surface area contributed by atoms with Gasteiger partial charge in [0.15, 0.2) is 0 Å². The number of methoxy groups -OCH3 is 1. The van der Waals surface area contributed by atoms with Crippen LogP contribution in [0.1, 0.15) is 36.8 Å². The molecule has 0 fully saturated rings. The number of amides is 2. The van der Waals surface area contributed by atoms with E-state index in [0.717, 1.165) is 22.4 Å². The molecule has 2 amide bonds. The number of ether oxygens (including phenoxy) is 1. The van der Waals surface area contributed by atoms with Gasteiger partial charge in [-0.3, -0.25) is 9.59 Å². The third kappa shape index (κ3) is 6.09. The molecule has 0 aliphatic heterocycles. The van der Waals surface area contributed by atoms with Gasteiger partial charge in [0.2, 0.25) is 11.8 Å². The first-order chi connectivity index (χ1) is 17.5. The molecule has 0 unspecified atom stereocenters. The summed E-state index contributed by atoms with van der Waals surface area (Å²) in [6.45, 7) is 4.98. The summed E-state index contributed by atoms with van der Waals surface area (Å²) in [6.07, 6.45) is 0.859. The minimum Gasteiger partial charge on any atom is -0.497 e. The van der Waals surface area contributed by atoms with E-state index < -0.39 is 6.04 Å². The summed E-state index contributed by atoms with van der Waals surface area (Å²) in [7, 11) is 1.61. The molecule has 4 aromatic rings. The van der Waals surface area contributed by atoms with E-state index in [1.165, 1.54) is 11.3 Å². The molecule has 0 radical (unpaired) electrons. The minimum absolute atomic E-state index is 0.0361. The van der Waals surface area contributed by atoms with Crippen molar-refractivity contribution in [2.45, 2.75) is 39.4 Å². The van der Waals surface area contributed by atoms with Crippen molar-refractivity contribution in [3.63, 3.8) is 0 Å². The number of rotatable bonds is 11. The zero-order valence-electron chi connectivity index (χ0n) is 20.8. The number of carbonyl (C=O) groups excluding carboxylic acids is 2. The Morgan fingerprint density at radius 3 is 2.69 bits per heavy atom. The standard InChI is InChI=1S/C27H31N5O3S/c1-19(2)13-14-28-27(34)26(24-12-7-15-36-24)31(17-20-8-6-9-21(16-20)35-3)25(33)18-32-23-11-5-4-10-22(23)29-30-32/h4-12,15-16,19,26H,13-14,17-18H2,1-3H3,(H,28,34)/t26-/m1/s1. The summed E-state index contributed by atoms with van der Waals surface area (Å²) < 4.78 is 6.96. The molecule has 9 heteroatoms. The maximum Gasteiger partial charge on any atom is 0.248 e. The van der Waals surface area contributed by atoms with Crippen LogP contribution in [0.2, 0.25) is 0 Å². The number of carbonyl (C=O) groups is 2. The number of para-hydroxylation sites is 1. The average molecular weight is 506 g/mol. The average Bonchev–Trinajstić information content (AvgIpc) is 3.54. The van der Waals surface area contributed by atoms with Crippen LogP contribution in [0.4, 0.5) is 0 Å². The molecule has 1 atom stereocenters. The van der Waals surface area contributed by atoms with Gasteiger partial charge in [-0.15, -0.1) is 16.4 Å². The first kappa shape index (κ1) is 25.4. The zero-order valence-corrected chi connectivity index (χ0v) is 21.6. The lowest BCUT2D eigenvalue weighted by Crippen LogP contribution is -2.44. The van der Waals surface area contributed by atoms with E-state index in [9.17, 15) is 9.59 Å². The molecule has 8 nitrogen and oxygen atoms in total. The maximum absolute atomic E-state index is 13.9. The van der Waals surface area contributed by atoms with Crippen LogP contribution in [0, 0.1) is 5.92 Å². The fourth-order valence-electron chi connectivity index (χ4n) is 4.00. The van der Waals surface area contributed by atoms with Crippen LogP contribution in [-0.2, 0) is 22.7 Å². The molecule has 188 valence electrons. The van der Waals surface area contributed by atoms with Gasteiger partial charge >= 0.3 is 0 Å². The van der Waals surface area contributed by atoms with Crippen molar-refractivity contribution in [2.24, 2.45) is 5.92 Å². The highest BCUT2D eigenvalue weighted by atomic mass is 32.1. The van der Waals surface area contributed by atoms with Crippen LogP contribution in [0.3, 0.4) is 0 Å². The van der Waals surface area contributed by atoms with Crippen molar-refractivity contribution < 1.29 is 14.3 Å². The lowest BCUT2D eigenvalue weighted by molar-refractivity contribution is -0.142. The van der Waals surface area contributed by atoms with Crippen molar-refractivity contribution >= 4 is 34.2 Å². The molecule has 0 spiro atoms. The molecule has 0 aliphatic carbocycles. The molecule has 2 aromatic heterocycles. The van der Waals surface area contributed by atoms with E-state index in [0.29, 0.717) is 23.7 Å². The SMILES string of the molecule is COc1cccc(CN(C(=O)Cn2nnc3ccccc32)[C@@H](C(=O)NCCC(C)C)c2cccs2)c1. The van der Waals surface area contributed by atoms with Gasteiger partial charge in [0.05, 0.1) is 12.6 Å². The lowest BCUT2D eigenvalue weighted by Gasteiger charge is -2.31. The van der Waals surface area contributed by atoms with Gasteiger partial charge in [-0.05, 0) is 53.6 Å². The monoisotopic (exact) mass is 505 g/mol. The normalized spacial score (nSPS) is 12.0. The highest BCUT2D eigenvalue weighted by Crippen LogP contribution is 2.29. The number of thiophene rings is 1. The Labute approximate surface area is 214 Å². The van der Waals surface area contributed by atoms with E-state index in [2.05, 4.69) is 29.5 Å². The number of hydrogen-bond acceptors (Lipinski definition) is 6. The second-order valence-corrected chi connectivity index (χ2v) is 9.98. The summed E-state index contributed by atoms with van der Waals surface area (Å²) in [6, 6.07) is 18.1. The number of fused-ring (bicyclic) bond motifs is 1. The van der Waals surface area contributed by atoms with E-state index >= 15 is 0 Å². The highest BCUT2D eigenvalue weighted by molar-refractivity contribution is 7.10. The Morgan fingerprint density at radius 2 is 1.94 bits per heavy atom. The Kier molecular flexibility index (Phi) is 8.32. The summed E-state index contributed by atoms with van der Waals surface area (Å²) in [5, 5.41) is 13.3. The minimum atomic E-state index is -0.773. The third-order valence-electron chi connectivity index (χ3n) is 5.91. The van der Waals surface area contributed by atoms with Crippen molar-refractivity contribution in [3.8, 4) is 5.75 Å². The number of nitrogens with zero attached hydrogens (tertiary/aromatic N) is 4. The molecular formula is C27H31N5O3S. The predicted molar refractivity (Wildman–Crippen MR) is 141 cm³/mol. The molecule has 4 rings (SSSR count). The molecule has 1 N–H and O–H groups in total. The van der Waals surface area contributed by atoms with Gasteiger partial charge in [0.25, 0.3) is 0 Å². The number of hydrogen-bond donors (Lipinski definition) is 1. The molecule has 36 heavy (non-hydrogen) atoms. The Bertz CT molecular complexity index is 1300. The van der Waals surface area contributed by atoms with Gasteiger partial charge in [-0.1, -0.05) is 49.4 Å². The van der Waals surface area contributed by atoms with Crippen LogP contribution in [0.15, 0.2) is 66.0 Å². The molecular weight excluding hydrogens is 474 g/mol. The van der Waals surface area contributed by atoms with E-state index in [1.54, 1.807) is 16.7 Å². The molecule has 0 saturated heterocycles. The summed E-state index contributed by atoms with van der Waals surface area (Å²) >= 11 is 1.46. The Balaban J connectivity index is 1.68. The highest BCUT2D eigenvalue weighted by Gasteiger charge is 2.32. The summed E-state index contributed by atoms with van der Waals surface area (Å²) in [4.78, 5) is 29.8. The van der Waals surface area contributed by atoms with E-state index in [-0.39, 0.29) is 24.9 Å². The van der Waals surface area contributed by atoms with Gasteiger partial charge in [-0.2, -0.15) is 0 Å². The van der Waals surface area contributed by atoms with Crippen molar-refractivity contribution in [3.05, 3.63) is 76.5 Å². The number of aromatic nitrogens is 3. The molecule has 0 bridgehead atoms. The predicted octanol–water partition coefficient (Wildman–Crippen LogP) is 4.43. The Hall–Kier alpha value is -3.72. The van der Waals surface area contributed by atoms with E-state index in [4.69, 9.17) is 4.74 Å². The van der Waals surface area contributed by atoms with E-state index in [1.807, 2.05) is 66.0 Å². The van der Waals surface area contributed by atoms with Crippen LogP contribution in [0.5, 0.6) is 5.75 Å².